The molecule has 0 saturated carbocycles. The molecule has 0 atom stereocenters. The van der Waals surface area contributed by atoms with Crippen molar-refractivity contribution in [3.05, 3.63) is 192 Å². The van der Waals surface area contributed by atoms with E-state index in [4.69, 9.17) is 9.97 Å². The molecule has 9 aromatic rings. The van der Waals surface area contributed by atoms with Crippen LogP contribution in [0, 0.1) is 6.07 Å². The number of imidazole rings is 1. The van der Waals surface area contributed by atoms with E-state index >= 15 is 0 Å². The van der Waals surface area contributed by atoms with Crippen LogP contribution in [0.1, 0.15) is 132 Å². The van der Waals surface area contributed by atoms with E-state index < -0.39 is 0 Å². The van der Waals surface area contributed by atoms with Crippen molar-refractivity contribution < 1.29 is 26.2 Å². The molecule has 9 rings (SSSR count). The van der Waals surface area contributed by atoms with Gasteiger partial charge in [-0.05, 0) is 102 Å². The maximum absolute atomic E-state index is 12.7. The summed E-state index contributed by atoms with van der Waals surface area (Å²) in [6.07, 6.45) is 1.91. The van der Waals surface area contributed by atoms with Gasteiger partial charge in [0.2, 0.25) is 0 Å². The van der Waals surface area contributed by atoms with E-state index in [2.05, 4.69) is 266 Å². The number of nitrogens with zero attached hydrogens (tertiary/aromatic N) is 3. The SMILES string of the molecule is CC(C)(C)c1ccc(-c2cc(C(C)(C)C)ccc2-n2c(-c3cc(C(C)(C)C)cc(C(C)(C)C)c3O)nc3c(-c4[c-]c(-c5cc(-c6ccc(-c7ccccc7)cc6)ccn5)cc(C(C)(C)C)c4)cccc32)cc1.[Pt]. The van der Waals surface area contributed by atoms with E-state index in [0.717, 1.165) is 72.5 Å². The van der Waals surface area contributed by atoms with Gasteiger partial charge in [0.05, 0.1) is 22.3 Å². The molecule has 0 aliphatic carbocycles. The van der Waals surface area contributed by atoms with E-state index in [0.29, 0.717) is 11.4 Å². The minimum Gasteiger partial charge on any atom is -0.507 e. The van der Waals surface area contributed by atoms with Crippen molar-refractivity contribution in [3.63, 3.8) is 0 Å². The Kier molecular flexibility index (Phi) is 14.1. The standard InChI is InChI=1S/C68H72N3O.Pt/c1-64(2,3)50-30-28-46(29-31-50)55-40-51(65(4,5)6)32-33-59(55)71-60-23-19-22-54(61(60)70-63(71)56-41-53(67(10,11)12)42-57(62(56)72)68(13,14)15)48-36-49(38-52(37-48)66(7,8)9)58-39-47(34-35-69-58)45-26-24-44(25-27-45)43-20-17-16-18-21-43;/h16-35,37-42,72H,1-15H3;/q-1;. The predicted molar refractivity (Wildman–Crippen MR) is 305 cm³/mol. The molecule has 1 N–H and O–H groups in total. The third kappa shape index (κ3) is 10.8. The van der Waals surface area contributed by atoms with Crippen molar-refractivity contribution in [3.8, 4) is 78.6 Å². The monoisotopic (exact) mass is 1140 g/mol. The molecule has 2 heterocycles. The number of phenols is 1. The van der Waals surface area contributed by atoms with E-state index in [-0.39, 0.29) is 53.9 Å². The van der Waals surface area contributed by atoms with Crippen LogP contribution in [0.3, 0.4) is 0 Å². The Balaban J connectivity index is 0.00000711. The van der Waals surface area contributed by atoms with E-state index in [1.54, 1.807) is 0 Å². The maximum atomic E-state index is 12.7. The quantitative estimate of drug-likeness (QED) is 0.162. The molecule has 0 radical (unpaired) electrons. The summed E-state index contributed by atoms with van der Waals surface area (Å²) in [6.45, 7) is 33.6. The number of pyridine rings is 1. The first-order chi connectivity index (χ1) is 33.8. The van der Waals surface area contributed by atoms with Gasteiger partial charge in [-0.15, -0.1) is 29.3 Å². The van der Waals surface area contributed by atoms with Crippen LogP contribution < -0.4 is 0 Å². The number of fused-ring (bicyclic) bond motifs is 1. The molecule has 5 heteroatoms. The molecule has 0 fully saturated rings. The normalized spacial score (nSPS) is 12.5. The van der Waals surface area contributed by atoms with Crippen molar-refractivity contribution >= 4 is 11.0 Å². The summed E-state index contributed by atoms with van der Waals surface area (Å²) in [5.41, 5.74) is 18.8. The number of rotatable bonds is 7. The van der Waals surface area contributed by atoms with Gasteiger partial charge in [0.1, 0.15) is 11.6 Å². The second-order valence-electron chi connectivity index (χ2n) is 25.0. The molecule has 7 aromatic carbocycles. The van der Waals surface area contributed by atoms with Crippen molar-refractivity contribution in [1.29, 1.82) is 0 Å². The fourth-order valence-electron chi connectivity index (χ4n) is 9.66. The van der Waals surface area contributed by atoms with Crippen LogP contribution in [-0.4, -0.2) is 19.6 Å². The second kappa shape index (κ2) is 19.5. The van der Waals surface area contributed by atoms with E-state index in [1.165, 1.54) is 27.8 Å². The molecule has 0 amide bonds. The van der Waals surface area contributed by atoms with Gasteiger partial charge in [0, 0.05) is 44.1 Å². The summed E-state index contributed by atoms with van der Waals surface area (Å²) in [4.78, 5) is 10.7. The van der Waals surface area contributed by atoms with Crippen LogP contribution in [0.4, 0.5) is 0 Å². The molecule has 73 heavy (non-hydrogen) atoms. The zero-order chi connectivity index (χ0) is 51.7. The van der Waals surface area contributed by atoms with E-state index in [1.807, 2.05) is 6.20 Å². The summed E-state index contributed by atoms with van der Waals surface area (Å²) >= 11 is 0. The first-order valence-corrected chi connectivity index (χ1v) is 25.6. The molecule has 0 unspecified atom stereocenters. The van der Waals surface area contributed by atoms with Crippen LogP contribution in [-0.2, 0) is 48.1 Å². The Morgan fingerprint density at radius 3 is 1.56 bits per heavy atom. The van der Waals surface area contributed by atoms with Crippen LogP contribution in [0.25, 0.3) is 83.9 Å². The first-order valence-electron chi connectivity index (χ1n) is 25.6. The van der Waals surface area contributed by atoms with E-state index in [9.17, 15) is 5.11 Å². The van der Waals surface area contributed by atoms with Crippen molar-refractivity contribution in [1.82, 2.24) is 14.5 Å². The van der Waals surface area contributed by atoms with Crippen LogP contribution in [0.5, 0.6) is 5.75 Å². The van der Waals surface area contributed by atoms with Crippen molar-refractivity contribution in [2.75, 3.05) is 0 Å². The summed E-state index contributed by atoms with van der Waals surface area (Å²) in [5.74, 6) is 0.933. The second-order valence-corrected chi connectivity index (χ2v) is 25.0. The summed E-state index contributed by atoms with van der Waals surface area (Å²) < 4.78 is 2.30. The Hall–Kier alpha value is -6.35. The fraction of sp³-hybridized carbons (Fsp3) is 0.294. The number of hydrogen-bond donors (Lipinski definition) is 1. The Bertz CT molecular complexity index is 3450. The van der Waals surface area contributed by atoms with Gasteiger partial charge in [-0.3, -0.25) is 9.55 Å². The molecule has 0 saturated heterocycles. The van der Waals surface area contributed by atoms with Gasteiger partial charge >= 0.3 is 0 Å². The topological polar surface area (TPSA) is 50.9 Å². The average Bonchev–Trinajstić information content (AvgIpc) is 3.72. The fourth-order valence-corrected chi connectivity index (χ4v) is 9.66. The smallest absolute Gasteiger partial charge is 0.148 e. The minimum atomic E-state index is -0.341. The molecular formula is C68H72N3OPt-. The summed E-state index contributed by atoms with van der Waals surface area (Å²) in [5, 5.41) is 12.7. The molecule has 0 bridgehead atoms. The van der Waals surface area contributed by atoms with Crippen LogP contribution in [0.15, 0.2) is 158 Å². The summed E-state index contributed by atoms with van der Waals surface area (Å²) in [6, 6.07) is 58.7. The molecule has 4 nitrogen and oxygen atoms in total. The molecule has 0 aliphatic heterocycles. The Morgan fingerprint density at radius 2 is 0.959 bits per heavy atom. The van der Waals surface area contributed by atoms with Gasteiger partial charge in [-0.25, -0.2) is 4.98 Å². The Labute approximate surface area is 450 Å². The van der Waals surface area contributed by atoms with Crippen molar-refractivity contribution in [2.24, 2.45) is 0 Å². The molecule has 0 spiro atoms. The molecular weight excluding hydrogens is 1070 g/mol. The maximum Gasteiger partial charge on any atom is 0.148 e. The number of hydrogen-bond acceptors (Lipinski definition) is 3. The van der Waals surface area contributed by atoms with Crippen LogP contribution >= 0.6 is 0 Å². The minimum absolute atomic E-state index is 0. The average molecular weight is 1140 g/mol. The number of aromatic hydroxyl groups is 1. The molecule has 0 aliphatic rings. The van der Waals surface area contributed by atoms with Gasteiger partial charge in [-0.2, -0.15) is 0 Å². The third-order valence-corrected chi connectivity index (χ3v) is 14.3. The zero-order valence-electron chi connectivity index (χ0n) is 45.6. The number of para-hydroxylation sites is 1. The number of aromatic nitrogens is 3. The van der Waals surface area contributed by atoms with Crippen molar-refractivity contribution in [2.45, 2.75) is 131 Å². The van der Waals surface area contributed by atoms with Gasteiger partial charge < -0.3 is 5.11 Å². The Morgan fingerprint density at radius 1 is 0.425 bits per heavy atom. The summed E-state index contributed by atoms with van der Waals surface area (Å²) in [7, 11) is 0. The first kappa shape index (κ1) is 53.0. The van der Waals surface area contributed by atoms with Gasteiger partial charge in [0.25, 0.3) is 0 Å². The third-order valence-electron chi connectivity index (χ3n) is 14.3. The van der Waals surface area contributed by atoms with Crippen LogP contribution in [0.2, 0.25) is 0 Å². The molecule has 376 valence electrons. The number of phenolic OH excluding ortho intramolecular Hbond substituents is 1. The number of benzene rings is 7. The zero-order valence-corrected chi connectivity index (χ0v) is 47.9. The largest absolute Gasteiger partial charge is 0.507 e. The van der Waals surface area contributed by atoms with Gasteiger partial charge in [0.15, 0.2) is 0 Å². The van der Waals surface area contributed by atoms with Gasteiger partial charge in [-0.1, -0.05) is 224 Å². The predicted octanol–water partition coefficient (Wildman–Crippen LogP) is 18.4. The molecule has 2 aromatic heterocycles.